The van der Waals surface area contributed by atoms with Crippen LogP contribution in [0.25, 0.3) is 0 Å². The fraction of sp³-hybridized carbons (Fsp3) is 0.583. The first kappa shape index (κ1) is 12.1. The Morgan fingerprint density at radius 2 is 2.13 bits per heavy atom. The van der Waals surface area contributed by atoms with Gasteiger partial charge in [0.1, 0.15) is 0 Å². The third-order valence-electron chi connectivity index (χ3n) is 2.42. The maximum Gasteiger partial charge on any atom is 0.0570 e. The molecule has 1 heterocycles. The highest BCUT2D eigenvalue weighted by atomic mass is 14.9. The highest BCUT2D eigenvalue weighted by Gasteiger charge is 1.99. The first-order chi connectivity index (χ1) is 7.24. The van der Waals surface area contributed by atoms with Crippen LogP contribution in [0, 0.1) is 13.8 Å². The number of nitrogens with one attached hydrogen (secondary N) is 1. The van der Waals surface area contributed by atoms with Crippen LogP contribution in [-0.2, 0) is 6.54 Å². The van der Waals surface area contributed by atoms with Gasteiger partial charge in [0.05, 0.1) is 5.69 Å². The third-order valence-corrected chi connectivity index (χ3v) is 2.42. The van der Waals surface area contributed by atoms with Gasteiger partial charge in [-0.1, -0.05) is 6.07 Å². The second-order valence-electron chi connectivity index (χ2n) is 3.95. The van der Waals surface area contributed by atoms with Crippen LogP contribution in [0.4, 0.5) is 0 Å². The van der Waals surface area contributed by atoms with Gasteiger partial charge in [-0.2, -0.15) is 0 Å². The minimum absolute atomic E-state index is 0.781. The zero-order chi connectivity index (χ0) is 11.1. The average Bonchev–Trinajstić information content (AvgIpc) is 2.20. The molecule has 0 fully saturated rings. The molecule has 1 aromatic rings. The summed E-state index contributed by atoms with van der Waals surface area (Å²) in [6, 6.07) is 2.17. The van der Waals surface area contributed by atoms with E-state index in [1.54, 1.807) is 0 Å². The fourth-order valence-corrected chi connectivity index (χ4v) is 1.53. The summed E-state index contributed by atoms with van der Waals surface area (Å²) in [6.45, 7) is 6.84. The molecule has 0 atom stereocenters. The van der Waals surface area contributed by atoms with Crippen LogP contribution in [0.1, 0.15) is 29.7 Å². The smallest absolute Gasteiger partial charge is 0.0570 e. The van der Waals surface area contributed by atoms with Crippen LogP contribution >= 0.6 is 0 Å². The van der Waals surface area contributed by atoms with Gasteiger partial charge >= 0.3 is 0 Å². The van der Waals surface area contributed by atoms with Crippen LogP contribution < -0.4 is 11.1 Å². The van der Waals surface area contributed by atoms with Gasteiger partial charge in [-0.15, -0.1) is 0 Å². The molecular weight excluding hydrogens is 186 g/mol. The molecular formula is C12H21N3. The largest absolute Gasteiger partial charge is 0.330 e. The van der Waals surface area contributed by atoms with E-state index >= 15 is 0 Å². The summed E-state index contributed by atoms with van der Waals surface area (Å²) in [7, 11) is 0. The molecule has 1 rings (SSSR count). The van der Waals surface area contributed by atoms with Crippen molar-refractivity contribution in [1.29, 1.82) is 0 Å². The molecule has 0 aliphatic carbocycles. The molecule has 1 aromatic heterocycles. The SMILES string of the molecule is Cc1cnc(CNCCCCN)c(C)c1. The molecule has 0 unspecified atom stereocenters. The summed E-state index contributed by atoms with van der Waals surface area (Å²) in [6.07, 6.45) is 4.15. The number of nitrogens with zero attached hydrogens (tertiary/aromatic N) is 1. The van der Waals surface area contributed by atoms with Gasteiger partial charge in [0, 0.05) is 12.7 Å². The standard InChI is InChI=1S/C12H21N3/c1-10-7-11(2)12(15-8-10)9-14-6-4-3-5-13/h7-8,14H,3-6,9,13H2,1-2H3. The molecule has 0 spiro atoms. The third kappa shape index (κ3) is 4.40. The summed E-state index contributed by atoms with van der Waals surface area (Å²) >= 11 is 0. The fourth-order valence-electron chi connectivity index (χ4n) is 1.53. The van der Waals surface area contributed by atoms with Crippen molar-refractivity contribution in [3.05, 3.63) is 29.1 Å². The lowest BCUT2D eigenvalue weighted by Crippen LogP contribution is -2.17. The molecule has 0 amide bonds. The Labute approximate surface area is 92.1 Å². The van der Waals surface area contributed by atoms with Gasteiger partial charge in [0.2, 0.25) is 0 Å². The Balaban J connectivity index is 2.31. The maximum absolute atomic E-state index is 5.42. The Morgan fingerprint density at radius 3 is 2.80 bits per heavy atom. The predicted molar refractivity (Wildman–Crippen MR) is 63.7 cm³/mol. The zero-order valence-electron chi connectivity index (χ0n) is 9.71. The zero-order valence-corrected chi connectivity index (χ0v) is 9.71. The molecule has 0 aliphatic heterocycles. The molecule has 0 saturated heterocycles. The molecule has 3 N–H and O–H groups in total. The van der Waals surface area contributed by atoms with Crippen molar-refractivity contribution >= 4 is 0 Å². The Hall–Kier alpha value is -0.930. The predicted octanol–water partition coefficient (Wildman–Crippen LogP) is 1.53. The van der Waals surface area contributed by atoms with E-state index in [2.05, 4.69) is 30.2 Å². The van der Waals surface area contributed by atoms with Crippen molar-refractivity contribution in [3.8, 4) is 0 Å². The minimum Gasteiger partial charge on any atom is -0.330 e. The highest BCUT2D eigenvalue weighted by molar-refractivity contribution is 5.22. The number of hydrogen-bond donors (Lipinski definition) is 2. The van der Waals surface area contributed by atoms with Crippen molar-refractivity contribution in [2.24, 2.45) is 5.73 Å². The summed E-state index contributed by atoms with van der Waals surface area (Å²) in [5.41, 5.74) is 9.06. The van der Waals surface area contributed by atoms with Crippen molar-refractivity contribution in [2.75, 3.05) is 13.1 Å². The van der Waals surface area contributed by atoms with Gasteiger partial charge in [-0.3, -0.25) is 4.98 Å². The second-order valence-corrected chi connectivity index (χ2v) is 3.95. The van der Waals surface area contributed by atoms with Crippen LogP contribution in [-0.4, -0.2) is 18.1 Å². The maximum atomic E-state index is 5.42. The number of pyridine rings is 1. The summed E-state index contributed by atoms with van der Waals surface area (Å²) < 4.78 is 0. The van der Waals surface area contributed by atoms with Crippen molar-refractivity contribution in [1.82, 2.24) is 10.3 Å². The highest BCUT2D eigenvalue weighted by Crippen LogP contribution is 2.06. The van der Waals surface area contributed by atoms with Gasteiger partial charge in [0.15, 0.2) is 0 Å². The Bertz CT molecular complexity index is 297. The average molecular weight is 207 g/mol. The quantitative estimate of drug-likeness (QED) is 0.695. The first-order valence-corrected chi connectivity index (χ1v) is 5.57. The lowest BCUT2D eigenvalue weighted by atomic mass is 10.1. The van der Waals surface area contributed by atoms with Gasteiger partial charge in [-0.05, 0) is 50.9 Å². The topological polar surface area (TPSA) is 50.9 Å². The molecule has 0 bridgehead atoms. The number of aryl methyl sites for hydroxylation is 2. The van der Waals surface area contributed by atoms with Gasteiger partial charge in [-0.25, -0.2) is 0 Å². The summed E-state index contributed by atoms with van der Waals surface area (Å²) in [5.74, 6) is 0. The van der Waals surface area contributed by atoms with E-state index in [0.29, 0.717) is 0 Å². The first-order valence-electron chi connectivity index (χ1n) is 5.57. The molecule has 0 saturated carbocycles. The van der Waals surface area contributed by atoms with Crippen LogP contribution in [0.2, 0.25) is 0 Å². The number of unbranched alkanes of at least 4 members (excludes halogenated alkanes) is 1. The normalized spacial score (nSPS) is 10.6. The number of nitrogens with two attached hydrogens (primary N) is 1. The second kappa shape index (κ2) is 6.53. The van der Waals surface area contributed by atoms with E-state index < -0.39 is 0 Å². The molecule has 0 radical (unpaired) electrons. The lowest BCUT2D eigenvalue weighted by Gasteiger charge is -2.07. The monoisotopic (exact) mass is 207 g/mol. The van der Waals surface area contributed by atoms with E-state index in [1.807, 2.05) is 6.20 Å². The van der Waals surface area contributed by atoms with E-state index in [4.69, 9.17) is 5.73 Å². The lowest BCUT2D eigenvalue weighted by molar-refractivity contribution is 0.619. The minimum atomic E-state index is 0.781. The van der Waals surface area contributed by atoms with Crippen molar-refractivity contribution in [3.63, 3.8) is 0 Å². The molecule has 84 valence electrons. The molecule has 3 nitrogen and oxygen atoms in total. The summed E-state index contributed by atoms with van der Waals surface area (Å²) in [5, 5.41) is 3.38. The Morgan fingerprint density at radius 1 is 1.33 bits per heavy atom. The van der Waals surface area contributed by atoms with Crippen molar-refractivity contribution in [2.45, 2.75) is 33.2 Å². The van der Waals surface area contributed by atoms with Crippen LogP contribution in [0.3, 0.4) is 0 Å². The number of hydrogen-bond acceptors (Lipinski definition) is 3. The van der Waals surface area contributed by atoms with Gasteiger partial charge in [0.25, 0.3) is 0 Å². The van der Waals surface area contributed by atoms with E-state index in [0.717, 1.165) is 38.2 Å². The van der Waals surface area contributed by atoms with E-state index in [-0.39, 0.29) is 0 Å². The summed E-state index contributed by atoms with van der Waals surface area (Å²) in [4.78, 5) is 4.41. The van der Waals surface area contributed by atoms with Crippen LogP contribution in [0.5, 0.6) is 0 Å². The number of aromatic nitrogens is 1. The van der Waals surface area contributed by atoms with Gasteiger partial charge < -0.3 is 11.1 Å². The van der Waals surface area contributed by atoms with E-state index in [9.17, 15) is 0 Å². The molecule has 15 heavy (non-hydrogen) atoms. The van der Waals surface area contributed by atoms with Crippen molar-refractivity contribution < 1.29 is 0 Å². The van der Waals surface area contributed by atoms with E-state index in [1.165, 1.54) is 11.1 Å². The Kier molecular flexibility index (Phi) is 5.29. The molecule has 0 aliphatic rings. The van der Waals surface area contributed by atoms with Crippen LogP contribution in [0.15, 0.2) is 12.3 Å². The number of rotatable bonds is 6. The molecule has 3 heteroatoms. The molecule has 0 aromatic carbocycles.